The molecule has 0 spiro atoms. The van der Waals surface area contributed by atoms with Crippen molar-refractivity contribution in [3.8, 4) is 0 Å². The van der Waals surface area contributed by atoms with Gasteiger partial charge in [0.05, 0.1) is 10.5 Å². The Kier molecular flexibility index (Phi) is 5.43. The smallest absolute Gasteiger partial charge is 0.270 e. The second-order valence-corrected chi connectivity index (χ2v) is 7.01. The molecule has 0 bridgehead atoms. The summed E-state index contributed by atoms with van der Waals surface area (Å²) in [5.41, 5.74) is 0.274. The Morgan fingerprint density at radius 1 is 1.48 bits per heavy atom. The minimum Gasteiger partial charge on any atom is -0.388 e. The number of nitrogens with one attached hydrogen (secondary N) is 1. The summed E-state index contributed by atoms with van der Waals surface area (Å²) in [4.78, 5) is 10.3. The highest BCUT2D eigenvalue weighted by atomic mass is 127. The average molecular weight is 404 g/mol. The van der Waals surface area contributed by atoms with E-state index in [-0.39, 0.29) is 5.69 Å². The summed E-state index contributed by atoms with van der Waals surface area (Å²) in [6.07, 6.45) is 4.98. The maximum Gasteiger partial charge on any atom is 0.270 e. The molecule has 0 heterocycles. The molecule has 0 saturated heterocycles. The van der Waals surface area contributed by atoms with E-state index >= 15 is 0 Å². The van der Waals surface area contributed by atoms with Gasteiger partial charge in [0.2, 0.25) is 0 Å². The van der Waals surface area contributed by atoms with Crippen LogP contribution in [-0.4, -0.2) is 22.2 Å². The van der Waals surface area contributed by atoms with Crippen molar-refractivity contribution in [2.45, 2.75) is 44.6 Å². The monoisotopic (exact) mass is 404 g/mol. The van der Waals surface area contributed by atoms with Gasteiger partial charge in [-0.05, 0) is 60.3 Å². The van der Waals surface area contributed by atoms with E-state index in [1.54, 1.807) is 12.1 Å². The van der Waals surface area contributed by atoms with E-state index in [2.05, 4.69) is 34.8 Å². The molecule has 21 heavy (non-hydrogen) atoms. The number of benzene rings is 1. The van der Waals surface area contributed by atoms with E-state index < -0.39 is 10.5 Å². The van der Waals surface area contributed by atoms with Crippen molar-refractivity contribution in [1.29, 1.82) is 0 Å². The van der Waals surface area contributed by atoms with Gasteiger partial charge in [0.25, 0.3) is 5.69 Å². The first-order valence-electron chi connectivity index (χ1n) is 7.34. The second kappa shape index (κ2) is 6.91. The van der Waals surface area contributed by atoms with Gasteiger partial charge in [-0.1, -0.05) is 13.3 Å². The maximum absolute atomic E-state index is 10.7. The number of hydrogen-bond acceptors (Lipinski definition) is 4. The summed E-state index contributed by atoms with van der Waals surface area (Å²) in [6.45, 7) is 2.70. The first kappa shape index (κ1) is 16.5. The highest BCUT2D eigenvalue weighted by molar-refractivity contribution is 14.1. The maximum atomic E-state index is 10.7. The van der Waals surface area contributed by atoms with Gasteiger partial charge in [-0.3, -0.25) is 10.1 Å². The second-order valence-electron chi connectivity index (χ2n) is 5.85. The molecular weight excluding hydrogens is 383 g/mol. The van der Waals surface area contributed by atoms with E-state index in [1.165, 1.54) is 12.5 Å². The van der Waals surface area contributed by atoms with Crippen molar-refractivity contribution in [3.63, 3.8) is 0 Å². The molecule has 6 heteroatoms. The lowest BCUT2D eigenvalue weighted by Crippen LogP contribution is -2.40. The van der Waals surface area contributed by atoms with Crippen molar-refractivity contribution in [1.82, 2.24) is 0 Å². The normalized spacial score (nSPS) is 25.6. The minimum absolute atomic E-state index is 0.0899. The lowest BCUT2D eigenvalue weighted by Gasteiger charge is -2.36. The predicted octanol–water partition coefficient (Wildman–Crippen LogP) is 3.94. The first-order valence-corrected chi connectivity index (χ1v) is 8.41. The molecule has 0 aliphatic heterocycles. The Balaban J connectivity index is 1.95. The summed E-state index contributed by atoms with van der Waals surface area (Å²) < 4.78 is 0.799. The standard InChI is InChI=1S/C15H21IN2O3/c1-2-11-5-7-15(19,8-6-11)10-17-14-4-3-12(18(20)21)9-13(14)16/h3-4,9,11,17,19H,2,5-8,10H2,1H3. The molecule has 2 rings (SSSR count). The number of nitrogens with zero attached hydrogens (tertiary/aromatic N) is 1. The Morgan fingerprint density at radius 2 is 2.14 bits per heavy atom. The van der Waals surface area contributed by atoms with E-state index in [9.17, 15) is 15.2 Å². The van der Waals surface area contributed by atoms with E-state index in [1.807, 2.05) is 0 Å². The molecule has 0 unspecified atom stereocenters. The SMILES string of the molecule is CCC1CCC(O)(CNc2ccc([N+](=O)[O-])cc2I)CC1. The largest absolute Gasteiger partial charge is 0.388 e. The molecule has 0 atom stereocenters. The summed E-state index contributed by atoms with van der Waals surface area (Å²) in [6, 6.07) is 4.74. The van der Waals surface area contributed by atoms with Crippen LogP contribution in [0.1, 0.15) is 39.0 Å². The van der Waals surface area contributed by atoms with Gasteiger partial charge in [0, 0.05) is 27.9 Å². The topological polar surface area (TPSA) is 75.4 Å². The number of nitro groups is 1. The van der Waals surface area contributed by atoms with Gasteiger partial charge in [-0.25, -0.2) is 0 Å². The molecule has 1 aromatic carbocycles. The van der Waals surface area contributed by atoms with Crippen molar-refractivity contribution in [3.05, 3.63) is 31.9 Å². The molecule has 1 aliphatic carbocycles. The van der Waals surface area contributed by atoms with Gasteiger partial charge in [-0.2, -0.15) is 0 Å². The number of hydrogen-bond donors (Lipinski definition) is 2. The molecule has 2 N–H and O–H groups in total. The number of aliphatic hydroxyl groups is 1. The molecule has 1 fully saturated rings. The number of anilines is 1. The fraction of sp³-hybridized carbons (Fsp3) is 0.600. The van der Waals surface area contributed by atoms with Crippen LogP contribution in [0.5, 0.6) is 0 Å². The molecule has 1 aromatic rings. The fourth-order valence-corrected chi connectivity index (χ4v) is 3.51. The lowest BCUT2D eigenvalue weighted by atomic mass is 9.78. The van der Waals surface area contributed by atoms with Crippen LogP contribution >= 0.6 is 22.6 Å². The van der Waals surface area contributed by atoms with E-state index in [4.69, 9.17) is 0 Å². The quantitative estimate of drug-likeness (QED) is 0.443. The zero-order chi connectivity index (χ0) is 15.5. The van der Waals surface area contributed by atoms with Crippen LogP contribution in [0.3, 0.4) is 0 Å². The van der Waals surface area contributed by atoms with Crippen LogP contribution in [0.4, 0.5) is 11.4 Å². The summed E-state index contributed by atoms with van der Waals surface area (Å²) in [7, 11) is 0. The molecule has 1 saturated carbocycles. The summed E-state index contributed by atoms with van der Waals surface area (Å²) in [5, 5.41) is 24.6. The number of nitro benzene ring substituents is 1. The summed E-state index contributed by atoms with van der Waals surface area (Å²) in [5.74, 6) is 0.741. The number of halogens is 1. The van der Waals surface area contributed by atoms with Gasteiger partial charge < -0.3 is 10.4 Å². The van der Waals surface area contributed by atoms with Crippen molar-refractivity contribution in [2.75, 3.05) is 11.9 Å². The van der Waals surface area contributed by atoms with Crippen molar-refractivity contribution in [2.24, 2.45) is 5.92 Å². The minimum atomic E-state index is -0.656. The predicted molar refractivity (Wildman–Crippen MR) is 91.5 cm³/mol. The highest BCUT2D eigenvalue weighted by Crippen LogP contribution is 2.34. The first-order chi connectivity index (χ1) is 9.93. The Morgan fingerprint density at radius 3 is 2.67 bits per heavy atom. The zero-order valence-electron chi connectivity index (χ0n) is 12.1. The van der Waals surface area contributed by atoms with Crippen LogP contribution in [-0.2, 0) is 0 Å². The van der Waals surface area contributed by atoms with Crippen LogP contribution in [0.2, 0.25) is 0 Å². The third-order valence-corrected chi connectivity index (χ3v) is 5.28. The Hall–Kier alpha value is -0.890. The van der Waals surface area contributed by atoms with Crippen LogP contribution in [0, 0.1) is 19.6 Å². The summed E-state index contributed by atoms with van der Waals surface area (Å²) >= 11 is 2.08. The third kappa shape index (κ3) is 4.29. The Labute approximate surface area is 138 Å². The molecule has 0 amide bonds. The molecule has 0 aromatic heterocycles. The number of rotatable bonds is 5. The van der Waals surface area contributed by atoms with Gasteiger partial charge in [-0.15, -0.1) is 0 Å². The van der Waals surface area contributed by atoms with Crippen LogP contribution < -0.4 is 5.32 Å². The number of non-ortho nitro benzene ring substituents is 1. The highest BCUT2D eigenvalue weighted by Gasteiger charge is 2.32. The van der Waals surface area contributed by atoms with Gasteiger partial charge in [0.15, 0.2) is 0 Å². The van der Waals surface area contributed by atoms with Crippen LogP contribution in [0.25, 0.3) is 0 Å². The van der Waals surface area contributed by atoms with E-state index in [0.29, 0.717) is 6.54 Å². The molecule has 116 valence electrons. The van der Waals surface area contributed by atoms with E-state index in [0.717, 1.165) is 40.9 Å². The fourth-order valence-electron chi connectivity index (χ4n) is 2.82. The third-order valence-electron chi connectivity index (χ3n) is 4.38. The van der Waals surface area contributed by atoms with Crippen molar-refractivity contribution < 1.29 is 10.0 Å². The van der Waals surface area contributed by atoms with Crippen molar-refractivity contribution >= 4 is 34.0 Å². The van der Waals surface area contributed by atoms with Gasteiger partial charge >= 0.3 is 0 Å². The zero-order valence-corrected chi connectivity index (χ0v) is 14.3. The van der Waals surface area contributed by atoms with Gasteiger partial charge in [0.1, 0.15) is 0 Å². The molecule has 0 radical (unpaired) electrons. The lowest BCUT2D eigenvalue weighted by molar-refractivity contribution is -0.384. The average Bonchev–Trinajstić information content (AvgIpc) is 2.46. The molecular formula is C15H21IN2O3. The molecule has 1 aliphatic rings. The molecule has 5 nitrogen and oxygen atoms in total. The van der Waals surface area contributed by atoms with Crippen LogP contribution in [0.15, 0.2) is 18.2 Å². The Bertz CT molecular complexity index is 514.